The van der Waals surface area contributed by atoms with Crippen molar-refractivity contribution in [1.29, 1.82) is 0 Å². The summed E-state index contributed by atoms with van der Waals surface area (Å²) in [4.78, 5) is 0. The predicted octanol–water partition coefficient (Wildman–Crippen LogP) is 11.8. The second-order valence-corrected chi connectivity index (χ2v) is 28.6. The topological polar surface area (TPSA) is 38.7 Å². The maximum absolute atomic E-state index is 10.2. The van der Waals surface area contributed by atoms with Gasteiger partial charge in [0.2, 0.25) is 0 Å². The highest BCUT2D eigenvalue weighted by molar-refractivity contribution is 6.74. The van der Waals surface area contributed by atoms with Crippen LogP contribution in [0.1, 0.15) is 133 Å². The van der Waals surface area contributed by atoms with Gasteiger partial charge in [0.25, 0.3) is 0 Å². The minimum Gasteiger partial charge on any atom is -0.413 e. The van der Waals surface area contributed by atoms with Crippen LogP contribution >= 0.6 is 0 Å². The Balaban J connectivity index is 1.86. The normalized spacial score (nSPS) is 31.9. The van der Waals surface area contributed by atoms with Crippen molar-refractivity contribution in [3.05, 3.63) is 35.5 Å². The molecule has 3 fully saturated rings. The molecule has 6 atom stereocenters. The second kappa shape index (κ2) is 13.6. The summed E-state index contributed by atoms with van der Waals surface area (Å²) < 4.78 is 14.2. The average molecular weight is 645 g/mol. The van der Waals surface area contributed by atoms with E-state index in [2.05, 4.69) is 100 Å². The Hall–Kier alpha value is -0.466. The first kappa shape index (κ1) is 38.0. The van der Waals surface area contributed by atoms with Crippen LogP contribution in [-0.2, 0) is 8.85 Å². The molecule has 3 aliphatic carbocycles. The van der Waals surface area contributed by atoms with Crippen molar-refractivity contribution in [2.24, 2.45) is 23.2 Å². The van der Waals surface area contributed by atoms with Gasteiger partial charge in [-0.1, -0.05) is 92.5 Å². The summed E-state index contributed by atoms with van der Waals surface area (Å²) in [5.74, 6) is 2.18. The van der Waals surface area contributed by atoms with E-state index in [1.165, 1.54) is 49.7 Å². The number of aliphatic hydroxyl groups is 1. The fourth-order valence-corrected chi connectivity index (χ4v) is 10.7. The van der Waals surface area contributed by atoms with Gasteiger partial charge in [-0.15, -0.1) is 0 Å². The summed E-state index contributed by atoms with van der Waals surface area (Å²) in [6.45, 7) is 37.2. The first-order valence-corrected chi connectivity index (χ1v) is 23.9. The molecule has 1 N–H and O–H groups in total. The highest BCUT2D eigenvalue weighted by Crippen LogP contribution is 2.60. The highest BCUT2D eigenvalue weighted by Gasteiger charge is 2.50. The molecule has 0 aromatic heterocycles. The Bertz CT molecular complexity index is 1060. The molecule has 0 unspecified atom stereocenters. The average Bonchev–Trinajstić information content (AvgIpc) is 3.20. The maximum atomic E-state index is 10.2. The molecule has 254 valence electrons. The monoisotopic (exact) mass is 645 g/mol. The van der Waals surface area contributed by atoms with E-state index in [9.17, 15) is 5.11 Å². The molecule has 0 amide bonds. The predicted molar refractivity (Wildman–Crippen MR) is 196 cm³/mol. The van der Waals surface area contributed by atoms with Gasteiger partial charge in [0.15, 0.2) is 16.6 Å². The Kier molecular flexibility index (Phi) is 11.7. The van der Waals surface area contributed by atoms with Gasteiger partial charge < -0.3 is 14.0 Å². The molecular formula is C39H72O3Si2. The molecule has 0 saturated heterocycles. The maximum Gasteiger partial charge on any atom is 0.192 e. The number of hydrogen-bond acceptors (Lipinski definition) is 3. The lowest BCUT2D eigenvalue weighted by Gasteiger charge is -2.46. The Morgan fingerprint density at radius 1 is 0.955 bits per heavy atom. The molecule has 0 aromatic carbocycles. The van der Waals surface area contributed by atoms with Gasteiger partial charge in [-0.3, -0.25) is 0 Å². The van der Waals surface area contributed by atoms with E-state index in [4.69, 9.17) is 8.85 Å². The zero-order chi connectivity index (χ0) is 33.5. The molecule has 0 bridgehead atoms. The molecule has 3 rings (SSSR count). The quantitative estimate of drug-likeness (QED) is 0.240. The van der Waals surface area contributed by atoms with Crippen LogP contribution in [0.5, 0.6) is 0 Å². The van der Waals surface area contributed by atoms with Crippen LogP contribution in [0.4, 0.5) is 0 Å². The summed E-state index contributed by atoms with van der Waals surface area (Å²) in [6.07, 6.45) is 16.8. The molecule has 5 heteroatoms. The van der Waals surface area contributed by atoms with Gasteiger partial charge in [0.05, 0.1) is 17.8 Å². The lowest BCUT2D eigenvalue weighted by atomic mass is 9.60. The SMILES string of the molecule is C=C1/C(=C\C=C2/CCC[C@]3(C)[C@@H]([C@H](C)CCCC(C)(C)O)CC[C@@H]23)C[C@@H](O[Si](C)(C)C(C)(C)C)C[C@H]1O[Si](C)(C)C(C)(C)C. The number of hydrogen-bond donors (Lipinski definition) is 1. The molecule has 3 saturated carbocycles. The third-order valence-electron chi connectivity index (χ3n) is 12.9. The summed E-state index contributed by atoms with van der Waals surface area (Å²) in [5, 5.41) is 10.6. The highest BCUT2D eigenvalue weighted by atomic mass is 28.4. The number of allylic oxidation sites excluding steroid dienone is 3. The molecule has 0 radical (unpaired) electrons. The molecule has 0 heterocycles. The van der Waals surface area contributed by atoms with E-state index >= 15 is 0 Å². The van der Waals surface area contributed by atoms with Crippen molar-refractivity contribution in [2.45, 2.75) is 188 Å². The zero-order valence-corrected chi connectivity index (χ0v) is 33.6. The summed E-state index contributed by atoms with van der Waals surface area (Å²) in [5.41, 5.74) is 4.04. The molecular weight excluding hydrogens is 573 g/mol. The first-order chi connectivity index (χ1) is 19.9. The van der Waals surface area contributed by atoms with Gasteiger partial charge in [0, 0.05) is 6.42 Å². The van der Waals surface area contributed by atoms with Crippen molar-refractivity contribution < 1.29 is 14.0 Å². The summed E-state index contributed by atoms with van der Waals surface area (Å²) in [7, 11) is -3.89. The van der Waals surface area contributed by atoms with Gasteiger partial charge in [-0.2, -0.15) is 0 Å². The van der Waals surface area contributed by atoms with E-state index in [1.54, 1.807) is 5.57 Å². The minimum atomic E-state index is -1.97. The first-order valence-electron chi connectivity index (χ1n) is 18.0. The minimum absolute atomic E-state index is 0.0290. The van der Waals surface area contributed by atoms with Crippen molar-refractivity contribution in [3.8, 4) is 0 Å². The fraction of sp³-hybridized carbons (Fsp3) is 0.846. The van der Waals surface area contributed by atoms with Gasteiger partial charge in [-0.05, 0) is 129 Å². The summed E-state index contributed by atoms with van der Waals surface area (Å²) >= 11 is 0. The second-order valence-electron chi connectivity index (χ2n) is 19.0. The zero-order valence-electron chi connectivity index (χ0n) is 31.6. The smallest absolute Gasteiger partial charge is 0.192 e. The molecule has 0 aromatic rings. The molecule has 3 aliphatic rings. The van der Waals surface area contributed by atoms with Crippen LogP contribution in [0.15, 0.2) is 35.5 Å². The third-order valence-corrected chi connectivity index (χ3v) is 21.9. The van der Waals surface area contributed by atoms with Crippen LogP contribution in [0, 0.1) is 23.2 Å². The van der Waals surface area contributed by atoms with E-state index in [1.807, 2.05) is 13.8 Å². The lowest BCUT2D eigenvalue weighted by Crippen LogP contribution is -2.49. The molecule has 0 aliphatic heterocycles. The number of rotatable bonds is 10. The van der Waals surface area contributed by atoms with Crippen molar-refractivity contribution in [2.75, 3.05) is 0 Å². The van der Waals surface area contributed by atoms with Crippen LogP contribution in [0.2, 0.25) is 36.3 Å². The molecule has 44 heavy (non-hydrogen) atoms. The Labute approximate surface area is 276 Å². The van der Waals surface area contributed by atoms with E-state index < -0.39 is 22.2 Å². The molecule has 0 spiro atoms. The standard InChI is InChI=1S/C39H72O3Si2/c1-28(18-16-24-38(9,10)40)33-22-23-34-30(19-17-25-39(33,34)11)20-21-31-26-32(41-43(12,13)36(3,4)5)27-35(29(31)2)42-44(14,15)37(6,7)8/h20-21,28,32-35,40H,2,16-19,22-27H2,1,3-15H3/b30-20+,31-21-/t28-,32-,33-,34+,35-,39-/m1/s1. The Morgan fingerprint density at radius 2 is 1.55 bits per heavy atom. The van der Waals surface area contributed by atoms with Crippen molar-refractivity contribution in [1.82, 2.24) is 0 Å². The van der Waals surface area contributed by atoms with Crippen molar-refractivity contribution in [3.63, 3.8) is 0 Å². The number of fused-ring (bicyclic) bond motifs is 1. The van der Waals surface area contributed by atoms with Gasteiger partial charge >= 0.3 is 0 Å². The largest absolute Gasteiger partial charge is 0.413 e. The third kappa shape index (κ3) is 8.91. The van der Waals surface area contributed by atoms with Gasteiger partial charge in [0.1, 0.15) is 0 Å². The van der Waals surface area contributed by atoms with Gasteiger partial charge in [-0.25, -0.2) is 0 Å². The lowest BCUT2D eigenvalue weighted by molar-refractivity contribution is 0.0596. The van der Waals surface area contributed by atoms with E-state index in [0.717, 1.165) is 31.6 Å². The fourth-order valence-electron chi connectivity index (χ4n) is 8.04. The van der Waals surface area contributed by atoms with E-state index in [-0.39, 0.29) is 22.3 Å². The van der Waals surface area contributed by atoms with E-state index in [0.29, 0.717) is 17.3 Å². The van der Waals surface area contributed by atoms with Crippen LogP contribution in [0.25, 0.3) is 0 Å². The van der Waals surface area contributed by atoms with Crippen LogP contribution < -0.4 is 0 Å². The van der Waals surface area contributed by atoms with Crippen LogP contribution in [0.3, 0.4) is 0 Å². The molecule has 3 nitrogen and oxygen atoms in total. The van der Waals surface area contributed by atoms with Crippen molar-refractivity contribution >= 4 is 16.6 Å². The van der Waals surface area contributed by atoms with Crippen LogP contribution in [-0.4, -0.2) is 39.6 Å². The Morgan fingerprint density at radius 3 is 2.11 bits per heavy atom. The summed E-state index contributed by atoms with van der Waals surface area (Å²) in [6, 6.07) is 0.